The van der Waals surface area contributed by atoms with E-state index in [9.17, 15) is 4.57 Å². The topological polar surface area (TPSA) is 100 Å². The van der Waals surface area contributed by atoms with Crippen molar-refractivity contribution in [1.29, 1.82) is 0 Å². The third-order valence-electron chi connectivity index (χ3n) is 8.90. The predicted molar refractivity (Wildman–Crippen MR) is 194 cm³/mol. The molecule has 5 aromatic rings. The van der Waals surface area contributed by atoms with Crippen molar-refractivity contribution < 1.29 is 46.6 Å². The van der Waals surface area contributed by atoms with Crippen molar-refractivity contribution in [2.75, 3.05) is 20.8 Å². The number of hydrogen-bond acceptors (Lipinski definition) is 10. The number of para-hydroxylation sites is 2. The standard InChI is InChI=1S/C41H41O10P/c1-40(2)47-38-37(51-52(42,49-34-16-10-6-11-17-34)50-35-18-12-7-13-19-35)36(46-39(38)48-40)28-45-41(29-14-8-5-9-15-29,30-20-24-32(43-3)25-21-30)31-22-26-33(44-4)27-23-31/h5-27,36-39H,28H2,1-4H3/t36-,37+,38-,39-/m1/s1. The molecule has 0 bridgehead atoms. The van der Waals surface area contributed by atoms with E-state index in [1.54, 1.807) is 76.6 Å². The van der Waals surface area contributed by atoms with Crippen LogP contribution < -0.4 is 18.5 Å². The lowest BCUT2D eigenvalue weighted by Crippen LogP contribution is -2.42. The summed E-state index contributed by atoms with van der Waals surface area (Å²) < 4.78 is 70.2. The number of phosphoric acid groups is 1. The third-order valence-corrected chi connectivity index (χ3v) is 10.3. The molecule has 11 heteroatoms. The molecule has 2 saturated heterocycles. The van der Waals surface area contributed by atoms with Gasteiger partial charge in [0.15, 0.2) is 12.1 Å². The maximum absolute atomic E-state index is 14.7. The molecule has 0 unspecified atom stereocenters. The van der Waals surface area contributed by atoms with Gasteiger partial charge in [0.25, 0.3) is 0 Å². The van der Waals surface area contributed by atoms with E-state index in [0.29, 0.717) is 23.0 Å². The summed E-state index contributed by atoms with van der Waals surface area (Å²) in [6.45, 7) is 3.52. The van der Waals surface area contributed by atoms with Crippen molar-refractivity contribution in [3.8, 4) is 23.0 Å². The molecule has 7 rings (SSSR count). The van der Waals surface area contributed by atoms with Crippen molar-refractivity contribution in [2.45, 2.75) is 49.8 Å². The molecular formula is C41H41O10P. The van der Waals surface area contributed by atoms with E-state index in [2.05, 4.69) is 0 Å². The van der Waals surface area contributed by atoms with Gasteiger partial charge >= 0.3 is 7.82 Å². The van der Waals surface area contributed by atoms with Crippen molar-refractivity contribution in [2.24, 2.45) is 0 Å². The summed E-state index contributed by atoms with van der Waals surface area (Å²) in [7, 11) is -1.14. The lowest BCUT2D eigenvalue weighted by molar-refractivity contribution is -0.222. The molecule has 2 aliphatic rings. The van der Waals surface area contributed by atoms with Gasteiger partial charge in [-0.1, -0.05) is 91.0 Å². The lowest BCUT2D eigenvalue weighted by atomic mass is 9.80. The first-order chi connectivity index (χ1) is 25.2. The van der Waals surface area contributed by atoms with Gasteiger partial charge in [-0.3, -0.25) is 4.52 Å². The smallest absolute Gasteiger partial charge is 0.497 e. The minimum absolute atomic E-state index is 0.0472. The van der Waals surface area contributed by atoms with Crippen LogP contribution in [0, 0.1) is 0 Å². The van der Waals surface area contributed by atoms with E-state index < -0.39 is 43.8 Å². The Kier molecular flexibility index (Phi) is 10.4. The molecule has 0 spiro atoms. The monoisotopic (exact) mass is 724 g/mol. The summed E-state index contributed by atoms with van der Waals surface area (Å²) in [5, 5.41) is 0. The number of phosphoric ester groups is 1. The van der Waals surface area contributed by atoms with Gasteiger partial charge in [0.2, 0.25) is 0 Å². The van der Waals surface area contributed by atoms with Gasteiger partial charge in [-0.05, 0) is 79.1 Å². The van der Waals surface area contributed by atoms with Gasteiger partial charge in [0.05, 0.1) is 20.8 Å². The summed E-state index contributed by atoms with van der Waals surface area (Å²) in [6.07, 6.45) is -3.49. The Labute approximate surface area is 303 Å². The van der Waals surface area contributed by atoms with E-state index in [1.165, 1.54) is 0 Å². The second-order valence-electron chi connectivity index (χ2n) is 12.8. The molecule has 2 aliphatic heterocycles. The fourth-order valence-electron chi connectivity index (χ4n) is 6.52. The third kappa shape index (κ3) is 7.59. The number of rotatable bonds is 14. The Morgan fingerprint density at radius 3 is 1.56 bits per heavy atom. The number of benzene rings is 5. The molecule has 4 atom stereocenters. The summed E-state index contributed by atoms with van der Waals surface area (Å²) >= 11 is 0. The van der Waals surface area contributed by atoms with Crippen LogP contribution in [0.25, 0.3) is 0 Å². The molecule has 0 aliphatic carbocycles. The van der Waals surface area contributed by atoms with Crippen LogP contribution in [-0.4, -0.2) is 51.2 Å². The molecule has 0 radical (unpaired) electrons. The van der Waals surface area contributed by atoms with Gasteiger partial charge in [-0.2, -0.15) is 0 Å². The summed E-state index contributed by atoms with van der Waals surface area (Å²) in [5.74, 6) is 1.01. The minimum atomic E-state index is -4.40. The number of methoxy groups -OCH3 is 2. The van der Waals surface area contributed by atoms with Gasteiger partial charge in [-0.15, -0.1) is 0 Å². The highest BCUT2D eigenvalue weighted by atomic mass is 31.2. The van der Waals surface area contributed by atoms with Crippen molar-refractivity contribution in [3.63, 3.8) is 0 Å². The zero-order valence-corrected chi connectivity index (χ0v) is 30.2. The molecule has 52 heavy (non-hydrogen) atoms. The molecule has 10 nitrogen and oxygen atoms in total. The molecular weight excluding hydrogens is 683 g/mol. The van der Waals surface area contributed by atoms with Gasteiger partial charge in [0, 0.05) is 0 Å². The summed E-state index contributed by atoms with van der Waals surface area (Å²) in [4.78, 5) is 0. The lowest BCUT2D eigenvalue weighted by Gasteiger charge is -2.37. The van der Waals surface area contributed by atoms with E-state index in [1.807, 2.05) is 91.0 Å². The normalized spacial score (nSPS) is 20.9. The molecule has 0 N–H and O–H groups in total. The highest BCUT2D eigenvalue weighted by Crippen LogP contribution is 2.54. The molecule has 5 aromatic carbocycles. The largest absolute Gasteiger partial charge is 0.588 e. The van der Waals surface area contributed by atoms with E-state index in [4.69, 9.17) is 42.0 Å². The van der Waals surface area contributed by atoms with Crippen LogP contribution in [0.2, 0.25) is 0 Å². The van der Waals surface area contributed by atoms with Gasteiger partial charge in [-0.25, -0.2) is 4.57 Å². The average Bonchev–Trinajstić information content (AvgIpc) is 3.64. The highest BCUT2D eigenvalue weighted by molar-refractivity contribution is 7.49. The first kappa shape index (κ1) is 35.7. The maximum atomic E-state index is 14.7. The second kappa shape index (κ2) is 15.1. The second-order valence-corrected chi connectivity index (χ2v) is 14.3. The Hall–Kier alpha value is -4.67. The average molecular weight is 725 g/mol. The Bertz CT molecular complexity index is 1850. The van der Waals surface area contributed by atoms with Gasteiger partial charge in [0.1, 0.15) is 46.9 Å². The van der Waals surface area contributed by atoms with Crippen LogP contribution in [0.4, 0.5) is 0 Å². The maximum Gasteiger partial charge on any atom is 0.588 e. The van der Waals surface area contributed by atoms with Crippen LogP contribution >= 0.6 is 7.82 Å². The van der Waals surface area contributed by atoms with Crippen LogP contribution in [0.3, 0.4) is 0 Å². The molecule has 2 heterocycles. The minimum Gasteiger partial charge on any atom is -0.497 e. The zero-order valence-electron chi connectivity index (χ0n) is 29.3. The van der Waals surface area contributed by atoms with Crippen LogP contribution in [0.15, 0.2) is 140 Å². The van der Waals surface area contributed by atoms with Crippen LogP contribution in [0.5, 0.6) is 23.0 Å². The van der Waals surface area contributed by atoms with Crippen LogP contribution in [-0.2, 0) is 33.6 Å². The molecule has 0 aromatic heterocycles. The van der Waals surface area contributed by atoms with Gasteiger partial charge < -0.3 is 37.5 Å². The zero-order chi connectivity index (χ0) is 36.2. The van der Waals surface area contributed by atoms with Crippen LogP contribution in [0.1, 0.15) is 30.5 Å². The van der Waals surface area contributed by atoms with Crippen molar-refractivity contribution in [3.05, 3.63) is 156 Å². The Morgan fingerprint density at radius 1 is 0.615 bits per heavy atom. The fourth-order valence-corrected chi connectivity index (χ4v) is 7.96. The SMILES string of the molecule is COc1ccc(C(OC[C@H]2O[C@@H]3OC(C)(C)O[C@@H]3[C@H]2OP(=O)(Oc2ccccc2)Oc2ccccc2)(c2ccccc2)c2ccc(OC)cc2)cc1. The van der Waals surface area contributed by atoms with Crippen molar-refractivity contribution in [1.82, 2.24) is 0 Å². The van der Waals surface area contributed by atoms with E-state index >= 15 is 0 Å². The predicted octanol–water partition coefficient (Wildman–Crippen LogP) is 8.54. The summed E-state index contributed by atoms with van der Waals surface area (Å²) in [5.41, 5.74) is 1.37. The van der Waals surface area contributed by atoms with E-state index in [-0.39, 0.29) is 6.61 Å². The van der Waals surface area contributed by atoms with Crippen molar-refractivity contribution >= 4 is 7.82 Å². The molecule has 270 valence electrons. The first-order valence-electron chi connectivity index (χ1n) is 17.0. The first-order valence-corrected chi connectivity index (χ1v) is 18.4. The number of hydrogen-bond donors (Lipinski definition) is 0. The quantitative estimate of drug-likeness (QED) is 0.0819. The highest BCUT2D eigenvalue weighted by Gasteiger charge is 2.58. The Morgan fingerprint density at radius 2 is 1.08 bits per heavy atom. The number of fused-ring (bicyclic) bond motifs is 1. The summed E-state index contributed by atoms with van der Waals surface area (Å²) in [6, 6.07) is 42.8. The van der Waals surface area contributed by atoms with E-state index in [0.717, 1.165) is 16.7 Å². The fraction of sp³-hybridized carbons (Fsp3) is 0.268. The molecule has 0 amide bonds. The molecule has 0 saturated carbocycles. The molecule has 2 fully saturated rings. The number of ether oxygens (including phenoxy) is 6. The Balaban J connectivity index is 1.28.